The van der Waals surface area contributed by atoms with Crippen molar-refractivity contribution in [3.63, 3.8) is 0 Å². The summed E-state index contributed by atoms with van der Waals surface area (Å²) in [4.78, 5) is 25.4. The quantitative estimate of drug-likeness (QED) is 0.829. The second-order valence-corrected chi connectivity index (χ2v) is 5.81. The fraction of sp³-hybridized carbons (Fsp3) is 0.0769. The molecule has 20 heavy (non-hydrogen) atoms. The zero-order valence-corrected chi connectivity index (χ0v) is 12.9. The molecule has 7 heteroatoms. The number of nitrogens with two attached hydrogens (primary N) is 1. The number of halogens is 1. The van der Waals surface area contributed by atoms with Gasteiger partial charge in [-0.15, -0.1) is 11.3 Å². The molecular formula is C13H11BrN2O3S. The Bertz CT molecular complexity index is 684. The highest BCUT2D eigenvalue weighted by atomic mass is 79.9. The summed E-state index contributed by atoms with van der Waals surface area (Å²) in [6, 6.07) is 6.20. The van der Waals surface area contributed by atoms with Crippen LogP contribution in [0.2, 0.25) is 0 Å². The standard InChI is InChI=1S/C13H11BrN2O3S/c1-16(12(17)11-9(14)4-5-20-11)10-3-2-7(15)6-8(10)13(18)19/h2-6H,15H2,1H3,(H,18,19). The Hall–Kier alpha value is -1.86. The third-order valence-corrected chi connectivity index (χ3v) is 4.55. The molecule has 0 fully saturated rings. The van der Waals surface area contributed by atoms with Gasteiger partial charge in [0.25, 0.3) is 5.91 Å². The molecule has 1 heterocycles. The average Bonchev–Trinajstić information content (AvgIpc) is 2.83. The van der Waals surface area contributed by atoms with Gasteiger partial charge < -0.3 is 15.7 Å². The minimum atomic E-state index is -1.13. The Labute approximate surface area is 127 Å². The second-order valence-electron chi connectivity index (χ2n) is 4.04. The number of thiophene rings is 1. The number of nitrogen functional groups attached to an aromatic ring is 1. The summed E-state index contributed by atoms with van der Waals surface area (Å²) in [5.41, 5.74) is 6.22. The third-order valence-electron chi connectivity index (χ3n) is 2.73. The maximum absolute atomic E-state index is 12.4. The number of nitrogens with zero attached hydrogens (tertiary/aromatic N) is 1. The Morgan fingerprint density at radius 1 is 1.35 bits per heavy atom. The molecule has 0 unspecified atom stereocenters. The smallest absolute Gasteiger partial charge is 0.337 e. The topological polar surface area (TPSA) is 83.6 Å². The van der Waals surface area contributed by atoms with Crippen LogP contribution in [0, 0.1) is 0 Å². The van der Waals surface area contributed by atoms with Gasteiger partial charge in [-0.1, -0.05) is 0 Å². The zero-order valence-electron chi connectivity index (χ0n) is 10.5. The van der Waals surface area contributed by atoms with Crippen molar-refractivity contribution in [3.8, 4) is 0 Å². The van der Waals surface area contributed by atoms with E-state index in [2.05, 4.69) is 15.9 Å². The fourth-order valence-electron chi connectivity index (χ4n) is 1.73. The van der Waals surface area contributed by atoms with Crippen molar-refractivity contribution in [1.29, 1.82) is 0 Å². The van der Waals surface area contributed by atoms with Crippen molar-refractivity contribution in [1.82, 2.24) is 0 Å². The van der Waals surface area contributed by atoms with E-state index in [4.69, 9.17) is 5.73 Å². The number of hydrogen-bond donors (Lipinski definition) is 2. The Morgan fingerprint density at radius 2 is 2.05 bits per heavy atom. The molecule has 2 aromatic rings. The van der Waals surface area contributed by atoms with E-state index in [-0.39, 0.29) is 11.5 Å². The van der Waals surface area contributed by atoms with Gasteiger partial charge in [0.2, 0.25) is 0 Å². The predicted octanol–water partition coefficient (Wildman–Crippen LogP) is 3.07. The van der Waals surface area contributed by atoms with Gasteiger partial charge in [-0.05, 0) is 45.6 Å². The monoisotopic (exact) mass is 354 g/mol. The van der Waals surface area contributed by atoms with Crippen LogP contribution in [0.3, 0.4) is 0 Å². The Morgan fingerprint density at radius 3 is 2.60 bits per heavy atom. The molecule has 0 atom stereocenters. The number of amides is 1. The summed E-state index contributed by atoms with van der Waals surface area (Å²) >= 11 is 4.58. The van der Waals surface area contributed by atoms with Crippen molar-refractivity contribution >= 4 is 50.5 Å². The molecule has 3 N–H and O–H groups in total. The first-order valence-corrected chi connectivity index (χ1v) is 7.23. The summed E-state index contributed by atoms with van der Waals surface area (Å²) in [6.45, 7) is 0. The van der Waals surface area contributed by atoms with E-state index < -0.39 is 5.97 Å². The van der Waals surface area contributed by atoms with Crippen LogP contribution < -0.4 is 10.6 Å². The fourth-order valence-corrected chi connectivity index (χ4v) is 3.24. The van der Waals surface area contributed by atoms with Crippen molar-refractivity contribution in [2.75, 3.05) is 17.7 Å². The van der Waals surface area contributed by atoms with E-state index in [1.165, 1.54) is 35.4 Å². The molecule has 104 valence electrons. The molecule has 1 aromatic heterocycles. The number of aromatic carboxylic acids is 1. The van der Waals surface area contributed by atoms with E-state index >= 15 is 0 Å². The molecule has 0 spiro atoms. The van der Waals surface area contributed by atoms with Crippen molar-refractivity contribution in [3.05, 3.63) is 44.6 Å². The lowest BCUT2D eigenvalue weighted by atomic mass is 10.1. The zero-order chi connectivity index (χ0) is 14.9. The van der Waals surface area contributed by atoms with E-state index in [9.17, 15) is 14.7 Å². The lowest BCUT2D eigenvalue weighted by Gasteiger charge is -2.19. The number of carboxylic acid groups (broad SMARTS) is 1. The van der Waals surface area contributed by atoms with Crippen molar-refractivity contribution in [2.24, 2.45) is 0 Å². The van der Waals surface area contributed by atoms with Gasteiger partial charge in [-0.25, -0.2) is 4.79 Å². The molecule has 2 rings (SSSR count). The van der Waals surface area contributed by atoms with Crippen LogP contribution in [0.25, 0.3) is 0 Å². The first-order chi connectivity index (χ1) is 9.41. The van der Waals surface area contributed by atoms with Crippen molar-refractivity contribution < 1.29 is 14.7 Å². The number of rotatable bonds is 3. The van der Waals surface area contributed by atoms with Crippen molar-refractivity contribution in [2.45, 2.75) is 0 Å². The molecule has 0 saturated heterocycles. The minimum Gasteiger partial charge on any atom is -0.478 e. The van der Waals surface area contributed by atoms with Crippen LogP contribution in [0.15, 0.2) is 34.1 Å². The lowest BCUT2D eigenvalue weighted by molar-refractivity contribution is 0.0698. The van der Waals surface area contributed by atoms with Gasteiger partial charge in [0.05, 0.1) is 11.3 Å². The maximum Gasteiger partial charge on any atom is 0.337 e. The number of carboxylic acids is 1. The van der Waals surface area contributed by atoms with Gasteiger partial charge in [0.1, 0.15) is 4.88 Å². The minimum absolute atomic E-state index is 0.00599. The molecule has 0 aliphatic carbocycles. The van der Waals surface area contributed by atoms with Gasteiger partial charge in [0, 0.05) is 17.2 Å². The molecule has 0 radical (unpaired) electrons. The molecule has 1 aromatic carbocycles. The number of carbonyl (C=O) groups is 2. The highest BCUT2D eigenvalue weighted by Gasteiger charge is 2.22. The van der Waals surface area contributed by atoms with Gasteiger partial charge in [-0.3, -0.25) is 4.79 Å². The first kappa shape index (κ1) is 14.5. The SMILES string of the molecule is CN(C(=O)c1sccc1Br)c1ccc(N)cc1C(=O)O. The second kappa shape index (κ2) is 5.64. The van der Waals surface area contributed by atoms with E-state index in [0.717, 1.165) is 0 Å². The Balaban J connectivity index is 2.44. The number of anilines is 2. The van der Waals surface area contributed by atoms with Crippen LogP contribution in [0.5, 0.6) is 0 Å². The number of hydrogen-bond acceptors (Lipinski definition) is 4. The van der Waals surface area contributed by atoms with E-state index in [1.54, 1.807) is 17.5 Å². The number of benzene rings is 1. The first-order valence-electron chi connectivity index (χ1n) is 5.55. The molecule has 0 aliphatic heterocycles. The molecule has 0 bridgehead atoms. The normalized spacial score (nSPS) is 10.3. The highest BCUT2D eigenvalue weighted by Crippen LogP contribution is 2.28. The number of carbonyl (C=O) groups excluding carboxylic acids is 1. The predicted molar refractivity (Wildman–Crippen MR) is 82.6 cm³/mol. The molecule has 0 saturated carbocycles. The van der Waals surface area contributed by atoms with Crippen LogP contribution in [0.4, 0.5) is 11.4 Å². The van der Waals surface area contributed by atoms with Crippen LogP contribution in [-0.2, 0) is 0 Å². The maximum atomic E-state index is 12.4. The van der Waals surface area contributed by atoms with E-state index in [0.29, 0.717) is 20.7 Å². The summed E-state index contributed by atoms with van der Waals surface area (Å²) in [7, 11) is 1.53. The summed E-state index contributed by atoms with van der Waals surface area (Å²) in [6.07, 6.45) is 0. The van der Waals surface area contributed by atoms with Gasteiger partial charge in [0.15, 0.2) is 0 Å². The lowest BCUT2D eigenvalue weighted by Crippen LogP contribution is -2.27. The van der Waals surface area contributed by atoms with E-state index in [1.807, 2.05) is 0 Å². The van der Waals surface area contributed by atoms with Crippen LogP contribution >= 0.6 is 27.3 Å². The third kappa shape index (κ3) is 2.68. The van der Waals surface area contributed by atoms with Gasteiger partial charge in [-0.2, -0.15) is 0 Å². The Kier molecular flexibility index (Phi) is 4.10. The van der Waals surface area contributed by atoms with Gasteiger partial charge >= 0.3 is 5.97 Å². The highest BCUT2D eigenvalue weighted by molar-refractivity contribution is 9.10. The van der Waals surface area contributed by atoms with Crippen LogP contribution in [0.1, 0.15) is 20.0 Å². The molecule has 0 aliphatic rings. The summed E-state index contributed by atoms with van der Waals surface area (Å²) in [5, 5.41) is 11.0. The summed E-state index contributed by atoms with van der Waals surface area (Å²) in [5.74, 6) is -1.41. The average molecular weight is 355 g/mol. The molecule has 5 nitrogen and oxygen atoms in total. The molecule has 1 amide bonds. The van der Waals surface area contributed by atoms with Crippen LogP contribution in [-0.4, -0.2) is 24.0 Å². The largest absolute Gasteiger partial charge is 0.478 e. The summed E-state index contributed by atoms with van der Waals surface area (Å²) < 4.78 is 0.687. The molecular weight excluding hydrogens is 344 g/mol.